The van der Waals surface area contributed by atoms with Gasteiger partial charge in [-0.3, -0.25) is 9.59 Å². The van der Waals surface area contributed by atoms with E-state index in [0.717, 1.165) is 44.3 Å². The zero-order valence-electron chi connectivity index (χ0n) is 13.5. The summed E-state index contributed by atoms with van der Waals surface area (Å²) >= 11 is 0. The van der Waals surface area contributed by atoms with Gasteiger partial charge in [0.2, 0.25) is 11.8 Å². The number of hydrogen-bond donors (Lipinski definition) is 2. The van der Waals surface area contributed by atoms with Gasteiger partial charge in [0.25, 0.3) is 0 Å². The predicted molar refractivity (Wildman–Crippen MR) is 87.9 cm³/mol. The molecule has 2 aliphatic rings. The summed E-state index contributed by atoms with van der Waals surface area (Å²) in [7, 11) is 0. The van der Waals surface area contributed by atoms with E-state index in [0.29, 0.717) is 12.4 Å². The van der Waals surface area contributed by atoms with Crippen LogP contribution in [0.5, 0.6) is 0 Å². The number of nitrogens with zero attached hydrogens (tertiary/aromatic N) is 2. The summed E-state index contributed by atoms with van der Waals surface area (Å²) in [6.45, 7) is 4.13. The van der Waals surface area contributed by atoms with E-state index in [9.17, 15) is 9.59 Å². The molecule has 0 radical (unpaired) electrons. The van der Waals surface area contributed by atoms with Crippen molar-refractivity contribution in [1.29, 1.82) is 0 Å². The van der Waals surface area contributed by atoms with Crippen LogP contribution >= 0.6 is 0 Å². The number of anilines is 1. The lowest BCUT2D eigenvalue weighted by Crippen LogP contribution is -2.49. The van der Waals surface area contributed by atoms with Crippen LogP contribution in [-0.2, 0) is 9.59 Å². The molecule has 0 aliphatic carbocycles. The van der Waals surface area contributed by atoms with Crippen molar-refractivity contribution in [2.75, 3.05) is 25.0 Å². The Hall–Kier alpha value is -1.95. The van der Waals surface area contributed by atoms with Crippen molar-refractivity contribution in [2.45, 2.75) is 38.6 Å². The Morgan fingerprint density at radius 1 is 1.30 bits per heavy atom. The highest BCUT2D eigenvalue weighted by Gasteiger charge is 2.32. The molecular formula is C17H24N4O2. The first kappa shape index (κ1) is 15.9. The third kappa shape index (κ3) is 3.88. The third-order valence-electron chi connectivity index (χ3n) is 4.62. The van der Waals surface area contributed by atoms with Gasteiger partial charge in [0.1, 0.15) is 5.82 Å². The largest absolute Gasteiger partial charge is 0.341 e. The van der Waals surface area contributed by atoms with Gasteiger partial charge in [0.05, 0.1) is 12.0 Å². The molecule has 2 saturated heterocycles. The minimum absolute atomic E-state index is 0.0433. The zero-order chi connectivity index (χ0) is 16.2. The highest BCUT2D eigenvalue weighted by molar-refractivity contribution is 5.92. The molecule has 2 atom stereocenters. The van der Waals surface area contributed by atoms with Crippen LogP contribution in [0.4, 0.5) is 5.82 Å². The summed E-state index contributed by atoms with van der Waals surface area (Å²) in [5, 5.41) is 6.11. The minimum Gasteiger partial charge on any atom is -0.341 e. The van der Waals surface area contributed by atoms with Gasteiger partial charge in [-0.05, 0) is 50.8 Å². The minimum atomic E-state index is -0.155. The first-order valence-electron chi connectivity index (χ1n) is 8.39. The SMILES string of the molecule is Cc1ccc(NC(=O)C2CCCN(C(=O)C3CCCN3)C2)nc1. The summed E-state index contributed by atoms with van der Waals surface area (Å²) in [6.07, 6.45) is 5.38. The predicted octanol–water partition coefficient (Wildman–Crippen LogP) is 1.32. The molecule has 2 aliphatic heterocycles. The molecule has 0 saturated carbocycles. The van der Waals surface area contributed by atoms with Gasteiger partial charge in [0, 0.05) is 19.3 Å². The lowest BCUT2D eigenvalue weighted by Gasteiger charge is -2.33. The number of aromatic nitrogens is 1. The Morgan fingerprint density at radius 2 is 2.17 bits per heavy atom. The van der Waals surface area contributed by atoms with E-state index in [2.05, 4.69) is 15.6 Å². The molecule has 2 fully saturated rings. The van der Waals surface area contributed by atoms with Crippen molar-refractivity contribution in [3.8, 4) is 0 Å². The van der Waals surface area contributed by atoms with Crippen molar-refractivity contribution in [3.63, 3.8) is 0 Å². The maximum Gasteiger partial charge on any atom is 0.239 e. The van der Waals surface area contributed by atoms with Crippen LogP contribution in [0.15, 0.2) is 18.3 Å². The molecule has 1 aromatic rings. The van der Waals surface area contributed by atoms with Crippen LogP contribution in [0.25, 0.3) is 0 Å². The van der Waals surface area contributed by atoms with E-state index in [-0.39, 0.29) is 23.8 Å². The number of aryl methyl sites for hydroxylation is 1. The van der Waals surface area contributed by atoms with E-state index in [4.69, 9.17) is 0 Å². The van der Waals surface area contributed by atoms with Crippen molar-refractivity contribution in [2.24, 2.45) is 5.92 Å². The molecule has 0 spiro atoms. The highest BCUT2D eigenvalue weighted by Crippen LogP contribution is 2.20. The summed E-state index contributed by atoms with van der Waals surface area (Å²) in [5.41, 5.74) is 1.06. The van der Waals surface area contributed by atoms with E-state index < -0.39 is 0 Å². The van der Waals surface area contributed by atoms with Gasteiger partial charge in [0.15, 0.2) is 0 Å². The van der Waals surface area contributed by atoms with Gasteiger partial charge in [-0.15, -0.1) is 0 Å². The van der Waals surface area contributed by atoms with Crippen LogP contribution in [-0.4, -0.2) is 47.4 Å². The average Bonchev–Trinajstić information content (AvgIpc) is 3.11. The molecule has 6 heteroatoms. The molecule has 3 rings (SSSR count). The van der Waals surface area contributed by atoms with Crippen molar-refractivity contribution in [1.82, 2.24) is 15.2 Å². The monoisotopic (exact) mass is 316 g/mol. The number of rotatable bonds is 3. The fraction of sp³-hybridized carbons (Fsp3) is 0.588. The number of hydrogen-bond acceptors (Lipinski definition) is 4. The smallest absolute Gasteiger partial charge is 0.239 e. The topological polar surface area (TPSA) is 74.3 Å². The number of carbonyl (C=O) groups excluding carboxylic acids is 2. The fourth-order valence-corrected chi connectivity index (χ4v) is 3.28. The number of pyridine rings is 1. The molecule has 2 N–H and O–H groups in total. The molecule has 23 heavy (non-hydrogen) atoms. The summed E-state index contributed by atoms with van der Waals surface area (Å²) in [5.74, 6) is 0.519. The number of likely N-dealkylation sites (tertiary alicyclic amines) is 1. The van der Waals surface area contributed by atoms with Gasteiger partial charge in [-0.2, -0.15) is 0 Å². The Bertz CT molecular complexity index is 566. The van der Waals surface area contributed by atoms with Crippen LogP contribution in [0.2, 0.25) is 0 Å². The maximum absolute atomic E-state index is 12.5. The maximum atomic E-state index is 12.5. The van der Waals surface area contributed by atoms with Crippen LogP contribution in [0.1, 0.15) is 31.2 Å². The Balaban J connectivity index is 1.57. The fourth-order valence-electron chi connectivity index (χ4n) is 3.28. The molecule has 0 bridgehead atoms. The average molecular weight is 316 g/mol. The number of carbonyl (C=O) groups is 2. The first-order chi connectivity index (χ1) is 11.1. The standard InChI is InChI=1S/C17H24N4O2/c1-12-6-7-15(19-10-12)20-16(22)13-4-3-9-21(11-13)17(23)14-5-2-8-18-14/h6-7,10,13-14,18H,2-5,8-9,11H2,1H3,(H,19,20,22). The number of nitrogens with one attached hydrogen (secondary N) is 2. The Kier molecular flexibility index (Phi) is 4.91. The second-order valence-electron chi connectivity index (χ2n) is 6.48. The molecule has 124 valence electrons. The van der Waals surface area contributed by atoms with Crippen molar-refractivity contribution < 1.29 is 9.59 Å². The molecular weight excluding hydrogens is 292 g/mol. The lowest BCUT2D eigenvalue weighted by atomic mass is 9.96. The molecule has 2 unspecified atom stereocenters. The molecule has 2 amide bonds. The Labute approximate surface area is 136 Å². The molecule has 3 heterocycles. The van der Waals surface area contributed by atoms with Crippen LogP contribution in [0, 0.1) is 12.8 Å². The quantitative estimate of drug-likeness (QED) is 0.882. The number of amides is 2. The first-order valence-corrected chi connectivity index (χ1v) is 8.39. The van der Waals surface area contributed by atoms with E-state index in [1.807, 2.05) is 17.9 Å². The van der Waals surface area contributed by atoms with Crippen LogP contribution in [0.3, 0.4) is 0 Å². The van der Waals surface area contributed by atoms with Gasteiger partial charge in [-0.25, -0.2) is 4.98 Å². The Morgan fingerprint density at radius 3 is 2.87 bits per heavy atom. The molecule has 6 nitrogen and oxygen atoms in total. The van der Waals surface area contributed by atoms with Gasteiger partial charge in [-0.1, -0.05) is 6.07 Å². The zero-order valence-corrected chi connectivity index (χ0v) is 13.5. The van der Waals surface area contributed by atoms with E-state index >= 15 is 0 Å². The lowest BCUT2D eigenvalue weighted by molar-refractivity contribution is -0.136. The number of piperidine rings is 1. The van der Waals surface area contributed by atoms with Gasteiger partial charge >= 0.3 is 0 Å². The summed E-state index contributed by atoms with van der Waals surface area (Å²) < 4.78 is 0. The molecule has 0 aromatic carbocycles. The normalized spacial score (nSPS) is 24.5. The summed E-state index contributed by atoms with van der Waals surface area (Å²) in [4.78, 5) is 31.0. The van der Waals surface area contributed by atoms with Crippen LogP contribution < -0.4 is 10.6 Å². The van der Waals surface area contributed by atoms with Gasteiger partial charge < -0.3 is 15.5 Å². The van der Waals surface area contributed by atoms with Crippen molar-refractivity contribution in [3.05, 3.63) is 23.9 Å². The van der Waals surface area contributed by atoms with E-state index in [1.165, 1.54) is 0 Å². The second-order valence-corrected chi connectivity index (χ2v) is 6.48. The van der Waals surface area contributed by atoms with Crippen molar-refractivity contribution >= 4 is 17.6 Å². The second kappa shape index (κ2) is 7.08. The highest BCUT2D eigenvalue weighted by atomic mass is 16.2. The third-order valence-corrected chi connectivity index (χ3v) is 4.62. The van der Waals surface area contributed by atoms with E-state index in [1.54, 1.807) is 12.3 Å². The summed E-state index contributed by atoms with van der Waals surface area (Å²) in [6, 6.07) is 3.67. The molecule has 1 aromatic heterocycles.